The number of β-amino-alcohol motifs (C(OH)–C–C–N with tert-alkyl or cyclic N) is 1. The molecule has 1 amide bonds. The Morgan fingerprint density at radius 2 is 2.36 bits per heavy atom. The molecule has 0 radical (unpaired) electrons. The summed E-state index contributed by atoms with van der Waals surface area (Å²) in [6.45, 7) is 4.06. The van der Waals surface area contributed by atoms with E-state index in [-0.39, 0.29) is 11.9 Å². The maximum absolute atomic E-state index is 11.6. The highest BCUT2D eigenvalue weighted by atomic mass is 16.5. The second-order valence-corrected chi connectivity index (χ2v) is 4.31. The highest BCUT2D eigenvalue weighted by Gasteiger charge is 2.36. The van der Waals surface area contributed by atoms with Crippen molar-refractivity contribution in [3.05, 3.63) is 0 Å². The average molecular weight is 199 g/mol. The van der Waals surface area contributed by atoms with Gasteiger partial charge in [-0.15, -0.1) is 0 Å². The first-order valence-corrected chi connectivity index (χ1v) is 5.23. The molecule has 14 heavy (non-hydrogen) atoms. The Bertz CT molecular complexity index is 231. The SMILES string of the molecule is CC1COCCC1N1CC(O)CC1=O. The molecule has 0 spiro atoms. The summed E-state index contributed by atoms with van der Waals surface area (Å²) in [6.07, 6.45) is 0.738. The van der Waals surface area contributed by atoms with E-state index in [4.69, 9.17) is 4.74 Å². The van der Waals surface area contributed by atoms with Gasteiger partial charge in [0.15, 0.2) is 0 Å². The number of nitrogens with zero attached hydrogens (tertiary/aromatic N) is 1. The molecule has 2 heterocycles. The Morgan fingerprint density at radius 3 is 2.93 bits per heavy atom. The minimum Gasteiger partial charge on any atom is -0.391 e. The third-order valence-corrected chi connectivity index (χ3v) is 3.13. The van der Waals surface area contributed by atoms with Crippen molar-refractivity contribution >= 4 is 5.91 Å². The van der Waals surface area contributed by atoms with Crippen LogP contribution in [-0.2, 0) is 9.53 Å². The first-order valence-electron chi connectivity index (χ1n) is 5.23. The minimum atomic E-state index is -0.461. The van der Waals surface area contributed by atoms with Crippen molar-refractivity contribution in [2.24, 2.45) is 5.92 Å². The van der Waals surface area contributed by atoms with E-state index in [9.17, 15) is 9.90 Å². The van der Waals surface area contributed by atoms with E-state index >= 15 is 0 Å². The fourth-order valence-corrected chi connectivity index (χ4v) is 2.36. The zero-order chi connectivity index (χ0) is 10.1. The van der Waals surface area contributed by atoms with Crippen LogP contribution in [0.5, 0.6) is 0 Å². The largest absolute Gasteiger partial charge is 0.391 e. The average Bonchev–Trinajstić information content (AvgIpc) is 2.46. The van der Waals surface area contributed by atoms with Crippen LogP contribution in [0.2, 0.25) is 0 Å². The molecule has 2 aliphatic heterocycles. The Balaban J connectivity index is 2.02. The first-order chi connectivity index (χ1) is 6.68. The number of rotatable bonds is 1. The number of hydrogen-bond acceptors (Lipinski definition) is 3. The fourth-order valence-electron chi connectivity index (χ4n) is 2.36. The molecule has 3 unspecified atom stereocenters. The Morgan fingerprint density at radius 1 is 1.57 bits per heavy atom. The number of carbonyl (C=O) groups is 1. The fraction of sp³-hybridized carbons (Fsp3) is 0.900. The zero-order valence-corrected chi connectivity index (χ0v) is 8.48. The summed E-state index contributed by atoms with van der Waals surface area (Å²) in [5.74, 6) is 0.481. The maximum Gasteiger partial charge on any atom is 0.225 e. The predicted octanol–water partition coefficient (Wildman–Crippen LogP) is 0.00460. The summed E-state index contributed by atoms with van der Waals surface area (Å²) >= 11 is 0. The maximum atomic E-state index is 11.6. The third kappa shape index (κ3) is 1.77. The van der Waals surface area contributed by atoms with E-state index < -0.39 is 6.10 Å². The van der Waals surface area contributed by atoms with E-state index in [0.717, 1.165) is 19.6 Å². The zero-order valence-electron chi connectivity index (χ0n) is 8.48. The lowest BCUT2D eigenvalue weighted by molar-refractivity contribution is -0.133. The third-order valence-electron chi connectivity index (χ3n) is 3.13. The molecule has 4 heteroatoms. The monoisotopic (exact) mass is 199 g/mol. The first kappa shape index (κ1) is 9.93. The van der Waals surface area contributed by atoms with Gasteiger partial charge in [-0.3, -0.25) is 4.79 Å². The molecule has 0 aromatic heterocycles. The summed E-state index contributed by atoms with van der Waals surface area (Å²) in [4.78, 5) is 13.4. The van der Waals surface area contributed by atoms with Gasteiger partial charge in [-0.25, -0.2) is 0 Å². The molecule has 3 atom stereocenters. The number of hydrogen-bond donors (Lipinski definition) is 1. The molecule has 0 bridgehead atoms. The van der Waals surface area contributed by atoms with Crippen LogP contribution in [0.1, 0.15) is 19.8 Å². The van der Waals surface area contributed by atoms with E-state index in [1.807, 2.05) is 4.90 Å². The van der Waals surface area contributed by atoms with Crippen LogP contribution in [0, 0.1) is 5.92 Å². The molecule has 1 N–H and O–H groups in total. The van der Waals surface area contributed by atoms with E-state index in [1.165, 1.54) is 0 Å². The molecule has 0 aromatic carbocycles. The van der Waals surface area contributed by atoms with E-state index in [1.54, 1.807) is 0 Å². The summed E-state index contributed by atoms with van der Waals surface area (Å²) in [7, 11) is 0. The van der Waals surface area contributed by atoms with Crippen molar-refractivity contribution < 1.29 is 14.6 Å². The van der Waals surface area contributed by atoms with Gasteiger partial charge in [0.05, 0.1) is 19.1 Å². The normalized spacial score (nSPS) is 39.1. The van der Waals surface area contributed by atoms with Crippen LogP contribution < -0.4 is 0 Å². The lowest BCUT2D eigenvalue weighted by Gasteiger charge is -2.36. The van der Waals surface area contributed by atoms with Crippen LogP contribution in [0.4, 0.5) is 0 Å². The van der Waals surface area contributed by atoms with Crippen LogP contribution in [0.3, 0.4) is 0 Å². The van der Waals surface area contributed by atoms with Crippen LogP contribution >= 0.6 is 0 Å². The van der Waals surface area contributed by atoms with Crippen molar-refractivity contribution in [3.8, 4) is 0 Å². The smallest absolute Gasteiger partial charge is 0.225 e. The highest BCUT2D eigenvalue weighted by molar-refractivity contribution is 5.79. The highest BCUT2D eigenvalue weighted by Crippen LogP contribution is 2.24. The van der Waals surface area contributed by atoms with Crippen molar-refractivity contribution in [2.75, 3.05) is 19.8 Å². The molecule has 2 saturated heterocycles. The van der Waals surface area contributed by atoms with Gasteiger partial charge >= 0.3 is 0 Å². The molecule has 0 saturated carbocycles. The van der Waals surface area contributed by atoms with Crippen molar-refractivity contribution in [2.45, 2.75) is 31.9 Å². The molecule has 2 rings (SSSR count). The topological polar surface area (TPSA) is 49.8 Å². The van der Waals surface area contributed by atoms with Gasteiger partial charge in [0.1, 0.15) is 0 Å². The number of likely N-dealkylation sites (tertiary alicyclic amines) is 1. The van der Waals surface area contributed by atoms with Crippen molar-refractivity contribution in [3.63, 3.8) is 0 Å². The number of amides is 1. The summed E-state index contributed by atoms with van der Waals surface area (Å²) in [5.41, 5.74) is 0. The van der Waals surface area contributed by atoms with E-state index in [2.05, 4.69) is 6.92 Å². The Kier molecular flexibility index (Phi) is 2.74. The molecule has 0 aromatic rings. The molecule has 4 nitrogen and oxygen atoms in total. The van der Waals surface area contributed by atoms with Crippen molar-refractivity contribution in [1.29, 1.82) is 0 Å². The number of ether oxygens (including phenoxy) is 1. The summed E-state index contributed by atoms with van der Waals surface area (Å²) in [6, 6.07) is 0.272. The van der Waals surface area contributed by atoms with E-state index in [0.29, 0.717) is 18.9 Å². The Labute approximate surface area is 83.8 Å². The molecule has 2 fully saturated rings. The quantitative estimate of drug-likeness (QED) is 0.647. The van der Waals surface area contributed by atoms with Gasteiger partial charge in [-0.2, -0.15) is 0 Å². The molecule has 0 aliphatic carbocycles. The van der Waals surface area contributed by atoms with Crippen LogP contribution in [0.25, 0.3) is 0 Å². The molecule has 2 aliphatic rings. The van der Waals surface area contributed by atoms with Crippen molar-refractivity contribution in [1.82, 2.24) is 4.90 Å². The predicted molar refractivity (Wildman–Crippen MR) is 50.7 cm³/mol. The molecular weight excluding hydrogens is 182 g/mol. The summed E-state index contributed by atoms with van der Waals surface area (Å²) < 4.78 is 5.33. The second-order valence-electron chi connectivity index (χ2n) is 4.31. The second kappa shape index (κ2) is 3.87. The van der Waals surface area contributed by atoms with Crippen LogP contribution in [0.15, 0.2) is 0 Å². The lowest BCUT2D eigenvalue weighted by atomic mass is 9.96. The number of aliphatic hydroxyl groups excluding tert-OH is 1. The molecule has 80 valence electrons. The van der Waals surface area contributed by atoms with Gasteiger partial charge in [0.25, 0.3) is 0 Å². The summed E-state index contributed by atoms with van der Waals surface area (Å²) in [5, 5.41) is 9.39. The standard InChI is InChI=1S/C10H17NO3/c1-7-6-14-3-2-9(7)11-5-8(12)4-10(11)13/h7-9,12H,2-6H2,1H3. The number of carbonyl (C=O) groups excluding carboxylic acids is 1. The van der Waals surface area contributed by atoms with Gasteiger partial charge in [0, 0.05) is 19.2 Å². The van der Waals surface area contributed by atoms with Gasteiger partial charge in [0.2, 0.25) is 5.91 Å². The van der Waals surface area contributed by atoms with Crippen LogP contribution in [-0.4, -0.2) is 47.8 Å². The molecular formula is C10H17NO3. The Hall–Kier alpha value is -0.610. The van der Waals surface area contributed by atoms with Gasteiger partial charge in [-0.05, 0) is 12.3 Å². The van der Waals surface area contributed by atoms with Gasteiger partial charge < -0.3 is 14.7 Å². The lowest BCUT2D eigenvalue weighted by Crippen LogP contribution is -2.45. The number of aliphatic hydroxyl groups is 1. The minimum absolute atomic E-state index is 0.0938. The van der Waals surface area contributed by atoms with Gasteiger partial charge in [-0.1, -0.05) is 6.92 Å².